The summed E-state index contributed by atoms with van der Waals surface area (Å²) in [7, 11) is 0. The minimum Gasteiger partial charge on any atom is -0.395 e. The molecule has 0 radical (unpaired) electrons. The van der Waals surface area contributed by atoms with Crippen LogP contribution in [0, 0.1) is 0 Å². The number of carbonyl (C=O) groups excluding carboxylic acids is 1. The van der Waals surface area contributed by atoms with Gasteiger partial charge in [-0.05, 0) is 32.4 Å². The van der Waals surface area contributed by atoms with Gasteiger partial charge in [0.2, 0.25) is 0 Å². The van der Waals surface area contributed by atoms with Crippen molar-refractivity contribution in [2.45, 2.75) is 33.2 Å². The zero-order valence-corrected chi connectivity index (χ0v) is 11.9. The SMILES string of the molecule is CCCNc1cccc(C(=O)N(CCO)C(C)C)n1. The molecule has 0 aromatic carbocycles. The lowest BCUT2D eigenvalue weighted by molar-refractivity contribution is 0.0659. The van der Waals surface area contributed by atoms with Crippen LogP contribution in [0.2, 0.25) is 0 Å². The summed E-state index contributed by atoms with van der Waals surface area (Å²) in [6.07, 6.45) is 1.00. The summed E-state index contributed by atoms with van der Waals surface area (Å²) in [6.45, 7) is 7.03. The van der Waals surface area contributed by atoms with E-state index in [-0.39, 0.29) is 18.6 Å². The van der Waals surface area contributed by atoms with Gasteiger partial charge in [-0.1, -0.05) is 13.0 Å². The standard InChI is InChI=1S/C14H23N3O2/c1-4-8-15-13-7-5-6-12(16-13)14(19)17(9-10-18)11(2)3/h5-7,11,18H,4,8-10H2,1-3H3,(H,15,16). The van der Waals surface area contributed by atoms with Gasteiger partial charge in [0.1, 0.15) is 11.5 Å². The Balaban J connectivity index is 2.85. The molecule has 0 fully saturated rings. The minimum atomic E-state index is -0.149. The van der Waals surface area contributed by atoms with Gasteiger partial charge >= 0.3 is 0 Å². The Bertz CT molecular complexity index is 407. The van der Waals surface area contributed by atoms with E-state index in [0.717, 1.165) is 13.0 Å². The molecule has 1 heterocycles. The minimum absolute atomic E-state index is 0.0358. The topological polar surface area (TPSA) is 65.5 Å². The number of rotatable bonds is 7. The van der Waals surface area contributed by atoms with Crippen molar-refractivity contribution in [1.29, 1.82) is 0 Å². The van der Waals surface area contributed by atoms with Crippen LogP contribution < -0.4 is 5.32 Å². The Kier molecular flexibility index (Phi) is 6.29. The lowest BCUT2D eigenvalue weighted by Crippen LogP contribution is -2.39. The molecule has 1 aromatic heterocycles. The Hall–Kier alpha value is -1.62. The van der Waals surface area contributed by atoms with Crippen molar-refractivity contribution in [2.24, 2.45) is 0 Å². The van der Waals surface area contributed by atoms with Crippen molar-refractivity contribution in [2.75, 3.05) is 25.0 Å². The Morgan fingerprint density at radius 1 is 1.47 bits per heavy atom. The van der Waals surface area contributed by atoms with Crippen molar-refractivity contribution < 1.29 is 9.90 Å². The van der Waals surface area contributed by atoms with Gasteiger partial charge in [-0.25, -0.2) is 4.98 Å². The van der Waals surface area contributed by atoms with Crippen LogP contribution in [0.3, 0.4) is 0 Å². The van der Waals surface area contributed by atoms with Crippen LogP contribution in [-0.2, 0) is 0 Å². The number of aliphatic hydroxyl groups is 1. The van der Waals surface area contributed by atoms with Gasteiger partial charge in [0.05, 0.1) is 6.61 Å². The van der Waals surface area contributed by atoms with Crippen LogP contribution in [-0.4, -0.2) is 46.6 Å². The number of anilines is 1. The van der Waals surface area contributed by atoms with Gasteiger partial charge in [0.25, 0.3) is 5.91 Å². The van der Waals surface area contributed by atoms with E-state index in [1.807, 2.05) is 26.0 Å². The molecule has 2 N–H and O–H groups in total. The zero-order valence-electron chi connectivity index (χ0n) is 11.9. The van der Waals surface area contributed by atoms with Gasteiger partial charge in [-0.3, -0.25) is 4.79 Å². The average molecular weight is 265 g/mol. The second-order valence-electron chi connectivity index (χ2n) is 4.65. The van der Waals surface area contributed by atoms with Crippen LogP contribution in [0.1, 0.15) is 37.7 Å². The highest BCUT2D eigenvalue weighted by Gasteiger charge is 2.19. The average Bonchev–Trinajstić information content (AvgIpc) is 2.41. The summed E-state index contributed by atoms with van der Waals surface area (Å²) < 4.78 is 0. The third-order valence-electron chi connectivity index (χ3n) is 2.75. The number of pyridine rings is 1. The third-order valence-corrected chi connectivity index (χ3v) is 2.75. The number of aliphatic hydroxyl groups excluding tert-OH is 1. The highest BCUT2D eigenvalue weighted by Crippen LogP contribution is 2.10. The van der Waals surface area contributed by atoms with Gasteiger partial charge in [0.15, 0.2) is 0 Å². The molecule has 0 atom stereocenters. The Labute approximate surface area is 114 Å². The van der Waals surface area contributed by atoms with Crippen LogP contribution in [0.5, 0.6) is 0 Å². The molecule has 0 aliphatic heterocycles. The van der Waals surface area contributed by atoms with E-state index in [1.54, 1.807) is 11.0 Å². The van der Waals surface area contributed by atoms with Gasteiger partial charge in [-0.15, -0.1) is 0 Å². The van der Waals surface area contributed by atoms with Crippen molar-refractivity contribution in [1.82, 2.24) is 9.88 Å². The second-order valence-corrected chi connectivity index (χ2v) is 4.65. The fourth-order valence-corrected chi connectivity index (χ4v) is 1.75. The van der Waals surface area contributed by atoms with E-state index in [1.165, 1.54) is 0 Å². The monoisotopic (exact) mass is 265 g/mol. The molecular weight excluding hydrogens is 242 g/mol. The van der Waals surface area contributed by atoms with E-state index < -0.39 is 0 Å². The summed E-state index contributed by atoms with van der Waals surface area (Å²) >= 11 is 0. The predicted molar refractivity (Wildman–Crippen MR) is 76.3 cm³/mol. The third kappa shape index (κ3) is 4.52. The van der Waals surface area contributed by atoms with Crippen molar-refractivity contribution >= 4 is 11.7 Å². The molecule has 0 aliphatic carbocycles. The first-order valence-corrected chi connectivity index (χ1v) is 6.72. The highest BCUT2D eigenvalue weighted by molar-refractivity contribution is 5.92. The number of amides is 1. The summed E-state index contributed by atoms with van der Waals surface area (Å²) in [5.74, 6) is 0.560. The number of hydrogen-bond acceptors (Lipinski definition) is 4. The molecule has 0 bridgehead atoms. The van der Waals surface area contributed by atoms with E-state index in [2.05, 4.69) is 17.2 Å². The van der Waals surface area contributed by atoms with E-state index in [4.69, 9.17) is 5.11 Å². The number of nitrogens with one attached hydrogen (secondary N) is 1. The Morgan fingerprint density at radius 2 is 2.21 bits per heavy atom. The van der Waals surface area contributed by atoms with Crippen molar-refractivity contribution in [3.05, 3.63) is 23.9 Å². The molecule has 106 valence electrons. The number of hydrogen-bond donors (Lipinski definition) is 2. The summed E-state index contributed by atoms with van der Waals surface area (Å²) in [5, 5.41) is 12.2. The summed E-state index contributed by atoms with van der Waals surface area (Å²) in [6, 6.07) is 5.40. The first kappa shape index (κ1) is 15.4. The van der Waals surface area contributed by atoms with E-state index in [9.17, 15) is 4.79 Å². The number of nitrogens with zero attached hydrogens (tertiary/aromatic N) is 2. The molecule has 1 amide bonds. The number of carbonyl (C=O) groups is 1. The molecule has 1 aromatic rings. The van der Waals surface area contributed by atoms with Crippen LogP contribution in [0.25, 0.3) is 0 Å². The molecule has 0 aliphatic rings. The van der Waals surface area contributed by atoms with Crippen molar-refractivity contribution in [3.63, 3.8) is 0 Å². The highest BCUT2D eigenvalue weighted by atomic mass is 16.3. The van der Waals surface area contributed by atoms with Crippen LogP contribution in [0.15, 0.2) is 18.2 Å². The van der Waals surface area contributed by atoms with Gasteiger partial charge < -0.3 is 15.3 Å². The van der Waals surface area contributed by atoms with E-state index in [0.29, 0.717) is 18.1 Å². The smallest absolute Gasteiger partial charge is 0.272 e. The maximum atomic E-state index is 12.3. The first-order valence-electron chi connectivity index (χ1n) is 6.72. The molecule has 5 nitrogen and oxygen atoms in total. The molecule has 0 saturated carbocycles. The maximum Gasteiger partial charge on any atom is 0.272 e. The summed E-state index contributed by atoms with van der Waals surface area (Å²) in [5.41, 5.74) is 0.406. The maximum absolute atomic E-state index is 12.3. The first-order chi connectivity index (χ1) is 9.10. The van der Waals surface area contributed by atoms with Crippen LogP contribution >= 0.6 is 0 Å². The molecular formula is C14H23N3O2. The fraction of sp³-hybridized carbons (Fsp3) is 0.571. The predicted octanol–water partition coefficient (Wildman–Crippen LogP) is 1.75. The Morgan fingerprint density at radius 3 is 2.79 bits per heavy atom. The van der Waals surface area contributed by atoms with E-state index >= 15 is 0 Å². The molecule has 5 heteroatoms. The normalized spacial score (nSPS) is 10.6. The number of aromatic nitrogens is 1. The lowest BCUT2D eigenvalue weighted by Gasteiger charge is -2.25. The largest absolute Gasteiger partial charge is 0.395 e. The molecule has 0 unspecified atom stereocenters. The van der Waals surface area contributed by atoms with Gasteiger partial charge in [0, 0.05) is 19.1 Å². The lowest BCUT2D eigenvalue weighted by atomic mass is 10.2. The molecule has 0 spiro atoms. The zero-order chi connectivity index (χ0) is 14.3. The second kappa shape index (κ2) is 7.74. The van der Waals surface area contributed by atoms with Gasteiger partial charge in [-0.2, -0.15) is 0 Å². The quantitative estimate of drug-likeness (QED) is 0.788. The fourth-order valence-electron chi connectivity index (χ4n) is 1.75. The summed E-state index contributed by atoms with van der Waals surface area (Å²) in [4.78, 5) is 18.3. The van der Waals surface area contributed by atoms with Crippen molar-refractivity contribution in [3.8, 4) is 0 Å². The van der Waals surface area contributed by atoms with Crippen LogP contribution in [0.4, 0.5) is 5.82 Å². The molecule has 19 heavy (non-hydrogen) atoms. The molecule has 0 saturated heterocycles. The molecule has 1 rings (SSSR count).